The highest BCUT2D eigenvalue weighted by Crippen LogP contribution is 2.26. The van der Waals surface area contributed by atoms with Crippen molar-refractivity contribution in [2.75, 3.05) is 0 Å². The lowest BCUT2D eigenvalue weighted by atomic mass is 10.0. The number of carbonyl (C=O) groups excluding carboxylic acids is 3. The Kier molecular flexibility index (Phi) is 6.00. The third kappa shape index (κ3) is 4.44. The van der Waals surface area contributed by atoms with Crippen LogP contribution >= 0.6 is 15.9 Å². The van der Waals surface area contributed by atoms with Crippen LogP contribution in [-0.4, -0.2) is 28.7 Å². The lowest BCUT2D eigenvalue weighted by molar-refractivity contribution is -0.125. The van der Waals surface area contributed by atoms with Crippen LogP contribution in [0.2, 0.25) is 0 Å². The first kappa shape index (κ1) is 21.0. The minimum absolute atomic E-state index is 0.246. The molecular formula is C25H21BrN2O3. The summed E-state index contributed by atoms with van der Waals surface area (Å²) in [6.07, 6.45) is 0.246. The van der Waals surface area contributed by atoms with E-state index in [9.17, 15) is 14.4 Å². The van der Waals surface area contributed by atoms with Crippen molar-refractivity contribution in [1.82, 2.24) is 10.2 Å². The van der Waals surface area contributed by atoms with Crippen LogP contribution in [-0.2, 0) is 17.8 Å². The van der Waals surface area contributed by atoms with Crippen LogP contribution in [0.5, 0.6) is 0 Å². The second kappa shape index (κ2) is 8.86. The molecule has 0 unspecified atom stereocenters. The quantitative estimate of drug-likeness (QED) is 0.539. The number of benzene rings is 3. The van der Waals surface area contributed by atoms with Gasteiger partial charge in [0.05, 0.1) is 11.1 Å². The number of rotatable bonds is 6. The van der Waals surface area contributed by atoms with Gasteiger partial charge >= 0.3 is 0 Å². The average Bonchev–Trinajstić information content (AvgIpc) is 3.01. The molecule has 1 N–H and O–H groups in total. The zero-order chi connectivity index (χ0) is 22.0. The standard InChI is InChI=1S/C25H21BrN2O3/c1-16-11-18(13-19(26)12-16)15-27-23(29)22(14-17-7-3-2-4-8-17)28-24(30)20-9-5-6-10-21(20)25(28)31/h2-13,22H,14-15H2,1H3,(H,27,29)/t22-/m0/s1. The van der Waals surface area contributed by atoms with Crippen molar-refractivity contribution in [3.63, 3.8) is 0 Å². The summed E-state index contributed by atoms with van der Waals surface area (Å²) in [6, 6.07) is 21.0. The molecule has 3 amide bonds. The fourth-order valence-electron chi connectivity index (χ4n) is 3.85. The number of hydrogen-bond acceptors (Lipinski definition) is 3. The second-order valence-electron chi connectivity index (χ2n) is 7.59. The first-order valence-electron chi connectivity index (χ1n) is 9.98. The summed E-state index contributed by atoms with van der Waals surface area (Å²) >= 11 is 3.47. The third-order valence-electron chi connectivity index (χ3n) is 5.28. The average molecular weight is 477 g/mol. The van der Waals surface area contributed by atoms with E-state index in [-0.39, 0.29) is 12.3 Å². The molecule has 0 saturated heterocycles. The van der Waals surface area contributed by atoms with E-state index in [4.69, 9.17) is 0 Å². The highest BCUT2D eigenvalue weighted by Gasteiger charge is 2.42. The van der Waals surface area contributed by atoms with Gasteiger partial charge in [0, 0.05) is 17.4 Å². The number of fused-ring (bicyclic) bond motifs is 1. The van der Waals surface area contributed by atoms with Crippen molar-refractivity contribution in [1.29, 1.82) is 0 Å². The van der Waals surface area contributed by atoms with E-state index in [2.05, 4.69) is 21.2 Å². The maximum atomic E-state index is 13.3. The molecule has 31 heavy (non-hydrogen) atoms. The van der Waals surface area contributed by atoms with Crippen molar-refractivity contribution in [3.05, 3.63) is 105 Å². The molecule has 0 aliphatic carbocycles. The van der Waals surface area contributed by atoms with E-state index >= 15 is 0 Å². The lowest BCUT2D eigenvalue weighted by Crippen LogP contribution is -2.50. The van der Waals surface area contributed by atoms with Crippen LogP contribution in [0.25, 0.3) is 0 Å². The van der Waals surface area contributed by atoms with Crippen LogP contribution in [0.4, 0.5) is 0 Å². The normalized spacial score (nSPS) is 13.8. The summed E-state index contributed by atoms with van der Waals surface area (Å²) in [5.74, 6) is -1.24. The minimum Gasteiger partial charge on any atom is -0.350 e. The van der Waals surface area contributed by atoms with Gasteiger partial charge in [-0.2, -0.15) is 0 Å². The Bertz CT molecular complexity index is 1110. The summed E-state index contributed by atoms with van der Waals surface area (Å²) < 4.78 is 0.929. The number of aryl methyl sites for hydroxylation is 1. The third-order valence-corrected chi connectivity index (χ3v) is 5.74. The summed E-state index contributed by atoms with van der Waals surface area (Å²) in [7, 11) is 0. The topological polar surface area (TPSA) is 66.5 Å². The Hall–Kier alpha value is -3.25. The first-order valence-corrected chi connectivity index (χ1v) is 10.8. The molecule has 4 rings (SSSR count). The zero-order valence-corrected chi connectivity index (χ0v) is 18.6. The van der Waals surface area contributed by atoms with Crippen LogP contribution in [0.3, 0.4) is 0 Å². The predicted molar refractivity (Wildman–Crippen MR) is 122 cm³/mol. The number of halogens is 1. The molecule has 0 saturated carbocycles. The van der Waals surface area contributed by atoms with Gasteiger partial charge in [-0.3, -0.25) is 19.3 Å². The van der Waals surface area contributed by atoms with Crippen molar-refractivity contribution >= 4 is 33.7 Å². The van der Waals surface area contributed by atoms with Gasteiger partial charge in [-0.25, -0.2) is 0 Å². The van der Waals surface area contributed by atoms with E-state index in [0.717, 1.165) is 26.1 Å². The SMILES string of the molecule is Cc1cc(Br)cc(CNC(=O)[C@H](Cc2ccccc2)N2C(=O)c3ccccc3C2=O)c1. The highest BCUT2D eigenvalue weighted by molar-refractivity contribution is 9.10. The van der Waals surface area contributed by atoms with Crippen molar-refractivity contribution in [2.24, 2.45) is 0 Å². The number of amides is 3. The minimum atomic E-state index is -0.942. The van der Waals surface area contributed by atoms with E-state index < -0.39 is 17.9 Å². The first-order chi connectivity index (χ1) is 14.9. The Morgan fingerprint density at radius 3 is 2.13 bits per heavy atom. The van der Waals surface area contributed by atoms with Gasteiger partial charge in [0.25, 0.3) is 11.8 Å². The molecule has 1 aliphatic heterocycles. The molecule has 0 fully saturated rings. The van der Waals surface area contributed by atoms with Crippen molar-refractivity contribution in [2.45, 2.75) is 25.9 Å². The van der Waals surface area contributed by atoms with Gasteiger partial charge in [0.2, 0.25) is 5.91 Å². The fourth-order valence-corrected chi connectivity index (χ4v) is 4.51. The van der Waals surface area contributed by atoms with E-state index in [1.165, 1.54) is 0 Å². The largest absolute Gasteiger partial charge is 0.350 e. The van der Waals surface area contributed by atoms with Crippen LogP contribution < -0.4 is 5.32 Å². The van der Waals surface area contributed by atoms with Gasteiger partial charge in [0.15, 0.2) is 0 Å². The van der Waals surface area contributed by atoms with Gasteiger partial charge < -0.3 is 5.32 Å². The molecule has 1 heterocycles. The zero-order valence-electron chi connectivity index (χ0n) is 17.0. The van der Waals surface area contributed by atoms with Gasteiger partial charge in [-0.05, 0) is 47.9 Å². The van der Waals surface area contributed by atoms with Crippen LogP contribution in [0.1, 0.15) is 37.4 Å². The predicted octanol–water partition coefficient (Wildman–Crippen LogP) is 4.28. The molecule has 1 aliphatic rings. The fraction of sp³-hybridized carbons (Fsp3) is 0.160. The van der Waals surface area contributed by atoms with E-state index in [0.29, 0.717) is 17.7 Å². The van der Waals surface area contributed by atoms with Gasteiger partial charge in [-0.15, -0.1) is 0 Å². The molecule has 1 atom stereocenters. The summed E-state index contributed by atoms with van der Waals surface area (Å²) in [4.78, 5) is 40.4. The van der Waals surface area contributed by atoms with Crippen molar-refractivity contribution in [3.8, 4) is 0 Å². The lowest BCUT2D eigenvalue weighted by Gasteiger charge is -2.25. The molecular weight excluding hydrogens is 456 g/mol. The number of imide groups is 1. The molecule has 0 aromatic heterocycles. The number of nitrogens with one attached hydrogen (secondary N) is 1. The molecule has 5 nitrogen and oxygen atoms in total. The Balaban J connectivity index is 1.61. The molecule has 3 aromatic carbocycles. The summed E-state index contributed by atoms with van der Waals surface area (Å²) in [5, 5.41) is 2.91. The maximum absolute atomic E-state index is 13.3. The molecule has 3 aromatic rings. The molecule has 0 bridgehead atoms. The van der Waals surface area contributed by atoms with E-state index in [1.54, 1.807) is 24.3 Å². The Labute approximate surface area is 189 Å². The number of nitrogens with zero attached hydrogens (tertiary/aromatic N) is 1. The van der Waals surface area contributed by atoms with Crippen molar-refractivity contribution < 1.29 is 14.4 Å². The molecule has 0 radical (unpaired) electrons. The summed E-state index contributed by atoms with van der Waals surface area (Å²) in [6.45, 7) is 2.28. The monoisotopic (exact) mass is 476 g/mol. The molecule has 6 heteroatoms. The van der Waals surface area contributed by atoms with Gasteiger partial charge in [-0.1, -0.05) is 64.5 Å². The van der Waals surface area contributed by atoms with E-state index in [1.807, 2.05) is 55.5 Å². The summed E-state index contributed by atoms with van der Waals surface area (Å²) in [5.41, 5.74) is 3.54. The highest BCUT2D eigenvalue weighted by atomic mass is 79.9. The Morgan fingerprint density at radius 1 is 0.903 bits per heavy atom. The van der Waals surface area contributed by atoms with Crippen LogP contribution in [0.15, 0.2) is 77.3 Å². The molecule has 156 valence electrons. The van der Waals surface area contributed by atoms with Crippen LogP contribution in [0, 0.1) is 6.92 Å². The number of hydrogen-bond donors (Lipinski definition) is 1. The second-order valence-corrected chi connectivity index (χ2v) is 8.50. The maximum Gasteiger partial charge on any atom is 0.262 e. The molecule has 0 spiro atoms. The van der Waals surface area contributed by atoms with Gasteiger partial charge in [0.1, 0.15) is 6.04 Å². The Morgan fingerprint density at radius 2 is 1.52 bits per heavy atom. The number of carbonyl (C=O) groups is 3. The smallest absolute Gasteiger partial charge is 0.262 e.